The van der Waals surface area contributed by atoms with Crippen molar-refractivity contribution < 1.29 is 4.39 Å². The number of rotatable bonds is 3. The lowest BCUT2D eigenvalue weighted by molar-refractivity contribution is 0.278. The molecule has 0 amide bonds. The summed E-state index contributed by atoms with van der Waals surface area (Å²) in [6, 6.07) is 15.3. The highest BCUT2D eigenvalue weighted by atomic mass is 35.5. The van der Waals surface area contributed by atoms with E-state index in [2.05, 4.69) is 28.4 Å². The first-order chi connectivity index (χ1) is 11.6. The normalized spacial score (nSPS) is 16.0. The van der Waals surface area contributed by atoms with E-state index in [0.29, 0.717) is 11.4 Å². The van der Waals surface area contributed by atoms with Gasteiger partial charge in [0.15, 0.2) is 5.82 Å². The minimum Gasteiger partial charge on any atom is -0.313 e. The van der Waals surface area contributed by atoms with Crippen molar-refractivity contribution in [3.63, 3.8) is 0 Å². The lowest BCUT2D eigenvalue weighted by atomic mass is 9.64. The molecule has 0 unspecified atom stereocenters. The van der Waals surface area contributed by atoms with Gasteiger partial charge in [-0.25, -0.2) is 4.39 Å². The summed E-state index contributed by atoms with van der Waals surface area (Å²) in [5, 5.41) is 9.51. The Kier molecular flexibility index (Phi) is 3.65. The molecule has 0 saturated heterocycles. The Labute approximate surface area is 145 Å². The first kappa shape index (κ1) is 15.3. The summed E-state index contributed by atoms with van der Waals surface area (Å²) in [6.45, 7) is 0. The molecular weight excluding hydrogens is 325 g/mol. The largest absolute Gasteiger partial charge is 0.313 e. The molecule has 5 heteroatoms. The Balaban J connectivity index is 1.80. The van der Waals surface area contributed by atoms with Crippen molar-refractivity contribution in [3.05, 3.63) is 70.8 Å². The molecule has 1 aliphatic carbocycles. The Morgan fingerprint density at radius 1 is 1.17 bits per heavy atom. The average Bonchev–Trinajstić information content (AvgIpc) is 2.90. The predicted octanol–water partition coefficient (Wildman–Crippen LogP) is 4.54. The molecule has 3 aromatic rings. The van der Waals surface area contributed by atoms with Crippen LogP contribution in [0.5, 0.6) is 0 Å². The summed E-state index contributed by atoms with van der Waals surface area (Å²) in [6.07, 6.45) is 3.20. The third-order valence-corrected chi connectivity index (χ3v) is 5.18. The SMILES string of the molecule is Cn1c(-c2cc[c]c(F)c2)nnc1C1(c2ccc(Cl)cc2)CCC1. The highest BCUT2D eigenvalue weighted by molar-refractivity contribution is 6.30. The molecule has 1 aliphatic rings. The molecule has 3 nitrogen and oxygen atoms in total. The van der Waals surface area contributed by atoms with Crippen LogP contribution < -0.4 is 0 Å². The molecule has 2 aromatic carbocycles. The quantitative estimate of drug-likeness (QED) is 0.700. The summed E-state index contributed by atoms with van der Waals surface area (Å²) in [5.41, 5.74) is 1.77. The lowest BCUT2D eigenvalue weighted by Crippen LogP contribution is -2.38. The van der Waals surface area contributed by atoms with Crippen LogP contribution in [0, 0.1) is 11.9 Å². The first-order valence-electron chi connectivity index (χ1n) is 7.94. The number of nitrogens with zero attached hydrogens (tertiary/aromatic N) is 3. The van der Waals surface area contributed by atoms with Crippen molar-refractivity contribution in [2.75, 3.05) is 0 Å². The fourth-order valence-corrected chi connectivity index (χ4v) is 3.64. The topological polar surface area (TPSA) is 30.7 Å². The molecule has 1 saturated carbocycles. The standard InChI is InChI=1S/C19H16ClFN3/c1-24-17(13-4-2-5-16(21)12-13)22-23-18(24)19(10-3-11-19)14-6-8-15(20)9-7-14/h2,4,6-9,12H,3,10-11H2,1H3. The monoisotopic (exact) mass is 340 g/mol. The second-order valence-corrected chi connectivity index (χ2v) is 6.71. The van der Waals surface area contributed by atoms with Gasteiger partial charge in [0.05, 0.1) is 5.41 Å². The van der Waals surface area contributed by atoms with Crippen molar-refractivity contribution in [1.82, 2.24) is 14.8 Å². The van der Waals surface area contributed by atoms with Gasteiger partial charge in [-0.15, -0.1) is 10.2 Å². The van der Waals surface area contributed by atoms with E-state index in [0.717, 1.165) is 30.1 Å². The van der Waals surface area contributed by atoms with Gasteiger partial charge >= 0.3 is 0 Å². The first-order valence-corrected chi connectivity index (χ1v) is 8.31. The lowest BCUT2D eigenvalue weighted by Gasteiger charge is -2.41. The zero-order valence-corrected chi connectivity index (χ0v) is 14.0. The van der Waals surface area contributed by atoms with Gasteiger partial charge in [-0.3, -0.25) is 0 Å². The molecular formula is C19H16ClFN3. The molecule has 121 valence electrons. The van der Waals surface area contributed by atoms with Gasteiger partial charge < -0.3 is 4.57 Å². The van der Waals surface area contributed by atoms with Crippen LogP contribution in [0.25, 0.3) is 11.4 Å². The van der Waals surface area contributed by atoms with Gasteiger partial charge in [0.1, 0.15) is 11.6 Å². The molecule has 0 spiro atoms. The highest BCUT2D eigenvalue weighted by Crippen LogP contribution is 2.48. The van der Waals surface area contributed by atoms with Gasteiger partial charge in [0.25, 0.3) is 0 Å². The van der Waals surface area contributed by atoms with E-state index in [9.17, 15) is 4.39 Å². The van der Waals surface area contributed by atoms with Crippen LogP contribution in [-0.2, 0) is 12.5 Å². The Morgan fingerprint density at radius 3 is 2.54 bits per heavy atom. The number of halogens is 2. The van der Waals surface area contributed by atoms with Gasteiger partial charge in [0.2, 0.25) is 0 Å². The van der Waals surface area contributed by atoms with E-state index >= 15 is 0 Å². The molecule has 0 bridgehead atoms. The second kappa shape index (κ2) is 5.71. The van der Waals surface area contributed by atoms with E-state index in [-0.39, 0.29) is 5.41 Å². The molecule has 4 rings (SSSR count). The molecule has 0 atom stereocenters. The van der Waals surface area contributed by atoms with Crippen LogP contribution in [0.15, 0.2) is 42.5 Å². The van der Waals surface area contributed by atoms with E-state index in [1.807, 2.05) is 23.7 Å². The van der Waals surface area contributed by atoms with Crippen LogP contribution in [0.1, 0.15) is 30.7 Å². The predicted molar refractivity (Wildman–Crippen MR) is 91.3 cm³/mol. The van der Waals surface area contributed by atoms with Crippen LogP contribution in [0.4, 0.5) is 4.39 Å². The maximum Gasteiger partial charge on any atom is 0.163 e. The third kappa shape index (κ3) is 2.33. The van der Waals surface area contributed by atoms with Gasteiger partial charge in [0, 0.05) is 23.7 Å². The van der Waals surface area contributed by atoms with Crippen molar-refractivity contribution in [2.45, 2.75) is 24.7 Å². The summed E-state index contributed by atoms with van der Waals surface area (Å²) in [7, 11) is 1.94. The minimum atomic E-state index is -0.395. The zero-order chi connectivity index (χ0) is 16.7. The van der Waals surface area contributed by atoms with Crippen molar-refractivity contribution in [3.8, 4) is 11.4 Å². The van der Waals surface area contributed by atoms with E-state index < -0.39 is 5.82 Å². The number of hydrogen-bond acceptors (Lipinski definition) is 2. The van der Waals surface area contributed by atoms with Crippen molar-refractivity contribution in [2.24, 2.45) is 7.05 Å². The van der Waals surface area contributed by atoms with Crippen LogP contribution in [0.2, 0.25) is 5.02 Å². The van der Waals surface area contributed by atoms with Gasteiger partial charge in [-0.1, -0.05) is 42.3 Å². The zero-order valence-electron chi connectivity index (χ0n) is 13.3. The molecule has 1 fully saturated rings. The van der Waals surface area contributed by atoms with E-state index in [1.165, 1.54) is 11.6 Å². The summed E-state index contributed by atoms with van der Waals surface area (Å²) < 4.78 is 15.5. The fourth-order valence-electron chi connectivity index (χ4n) is 3.51. The Hall–Kier alpha value is -2.20. The summed E-state index contributed by atoms with van der Waals surface area (Å²) in [5.74, 6) is 1.19. The smallest absolute Gasteiger partial charge is 0.163 e. The second-order valence-electron chi connectivity index (χ2n) is 6.27. The molecule has 0 aliphatic heterocycles. The van der Waals surface area contributed by atoms with Gasteiger partial charge in [-0.05, 0) is 36.6 Å². The highest BCUT2D eigenvalue weighted by Gasteiger charge is 2.44. The summed E-state index contributed by atoms with van der Waals surface area (Å²) in [4.78, 5) is 0. The molecule has 1 aromatic heterocycles. The maximum atomic E-state index is 13.5. The van der Waals surface area contributed by atoms with E-state index in [1.54, 1.807) is 12.1 Å². The third-order valence-electron chi connectivity index (χ3n) is 4.93. The number of hydrogen-bond donors (Lipinski definition) is 0. The molecule has 1 heterocycles. The van der Waals surface area contributed by atoms with Crippen molar-refractivity contribution >= 4 is 11.6 Å². The van der Waals surface area contributed by atoms with Crippen LogP contribution in [0.3, 0.4) is 0 Å². The molecule has 0 N–H and O–H groups in total. The van der Waals surface area contributed by atoms with Gasteiger partial charge in [-0.2, -0.15) is 0 Å². The summed E-state index contributed by atoms with van der Waals surface area (Å²) >= 11 is 6.03. The number of aromatic nitrogens is 3. The fraction of sp³-hybridized carbons (Fsp3) is 0.263. The average molecular weight is 341 g/mol. The van der Waals surface area contributed by atoms with Crippen LogP contribution in [-0.4, -0.2) is 14.8 Å². The Morgan fingerprint density at radius 2 is 1.92 bits per heavy atom. The minimum absolute atomic E-state index is 0.135. The molecule has 1 radical (unpaired) electrons. The molecule has 24 heavy (non-hydrogen) atoms. The number of benzene rings is 2. The van der Waals surface area contributed by atoms with E-state index in [4.69, 9.17) is 11.6 Å². The van der Waals surface area contributed by atoms with Crippen LogP contribution >= 0.6 is 11.6 Å². The Bertz CT molecular complexity index is 882. The van der Waals surface area contributed by atoms with Crippen molar-refractivity contribution in [1.29, 1.82) is 0 Å². The maximum absolute atomic E-state index is 13.5.